The van der Waals surface area contributed by atoms with Gasteiger partial charge in [-0.25, -0.2) is 9.18 Å². The lowest BCUT2D eigenvalue weighted by Gasteiger charge is -2.16. The predicted molar refractivity (Wildman–Crippen MR) is 69.2 cm³/mol. The van der Waals surface area contributed by atoms with Crippen LogP contribution in [0, 0.1) is 11.7 Å². The number of halogens is 1. The van der Waals surface area contributed by atoms with Crippen molar-refractivity contribution in [3.63, 3.8) is 0 Å². The highest BCUT2D eigenvalue weighted by molar-refractivity contribution is 5.97. The topological polar surface area (TPSA) is 81.4 Å². The van der Waals surface area contributed by atoms with E-state index in [1.807, 2.05) is 0 Å². The van der Waals surface area contributed by atoms with Crippen molar-refractivity contribution in [3.8, 4) is 0 Å². The van der Waals surface area contributed by atoms with Gasteiger partial charge in [0.2, 0.25) is 5.91 Å². The average molecular weight is 268 g/mol. The van der Waals surface area contributed by atoms with Crippen LogP contribution in [-0.4, -0.2) is 25.0 Å². The Morgan fingerprint density at radius 3 is 2.53 bits per heavy atom. The monoisotopic (exact) mass is 268 g/mol. The maximum atomic E-state index is 13.6. The molecule has 0 unspecified atom stereocenters. The summed E-state index contributed by atoms with van der Waals surface area (Å²) in [5, 5.41) is 2.36. The smallest absolute Gasteiger partial charge is 0.337 e. The fourth-order valence-electron chi connectivity index (χ4n) is 1.38. The van der Waals surface area contributed by atoms with Crippen molar-refractivity contribution in [3.05, 3.63) is 29.6 Å². The third-order valence-corrected chi connectivity index (χ3v) is 2.67. The molecule has 0 saturated carbocycles. The molecular formula is C13H17FN2O3. The minimum Gasteiger partial charge on any atom is -0.465 e. The Bertz CT molecular complexity index is 489. The number of esters is 1. The van der Waals surface area contributed by atoms with Gasteiger partial charge in [0, 0.05) is 0 Å². The number of anilines is 1. The molecule has 0 aliphatic carbocycles. The van der Waals surface area contributed by atoms with Crippen LogP contribution in [0.3, 0.4) is 0 Å². The second-order valence-electron chi connectivity index (χ2n) is 4.45. The first kappa shape index (κ1) is 15.1. The van der Waals surface area contributed by atoms with Crippen molar-refractivity contribution in [1.29, 1.82) is 0 Å². The van der Waals surface area contributed by atoms with E-state index in [1.54, 1.807) is 13.8 Å². The number of rotatable bonds is 4. The molecule has 1 aromatic rings. The van der Waals surface area contributed by atoms with E-state index >= 15 is 0 Å². The van der Waals surface area contributed by atoms with Crippen LogP contribution in [0.2, 0.25) is 0 Å². The fraction of sp³-hybridized carbons (Fsp3) is 0.385. The van der Waals surface area contributed by atoms with Gasteiger partial charge in [0.05, 0.1) is 24.4 Å². The molecule has 0 aliphatic heterocycles. The first-order valence-electron chi connectivity index (χ1n) is 5.81. The highest BCUT2D eigenvalue weighted by atomic mass is 19.1. The SMILES string of the molecule is COC(=O)c1ccc(F)c(NC(=O)[C@H](N)C(C)C)c1. The van der Waals surface area contributed by atoms with E-state index < -0.39 is 23.7 Å². The van der Waals surface area contributed by atoms with E-state index in [-0.39, 0.29) is 17.2 Å². The van der Waals surface area contributed by atoms with Crippen LogP contribution < -0.4 is 11.1 Å². The number of benzene rings is 1. The number of amides is 1. The molecule has 0 fully saturated rings. The second-order valence-corrected chi connectivity index (χ2v) is 4.45. The first-order valence-corrected chi connectivity index (χ1v) is 5.81. The van der Waals surface area contributed by atoms with Crippen LogP contribution in [0.25, 0.3) is 0 Å². The highest BCUT2D eigenvalue weighted by Gasteiger charge is 2.19. The maximum Gasteiger partial charge on any atom is 0.337 e. The molecule has 0 heterocycles. The predicted octanol–water partition coefficient (Wildman–Crippen LogP) is 1.53. The minimum atomic E-state index is -0.749. The van der Waals surface area contributed by atoms with E-state index in [1.165, 1.54) is 19.2 Å². The van der Waals surface area contributed by atoms with Crippen LogP contribution in [0.4, 0.5) is 10.1 Å². The fourth-order valence-corrected chi connectivity index (χ4v) is 1.38. The van der Waals surface area contributed by atoms with E-state index in [0.29, 0.717) is 0 Å². The lowest BCUT2D eigenvalue weighted by atomic mass is 10.0. The molecular weight excluding hydrogens is 251 g/mol. The quantitative estimate of drug-likeness (QED) is 0.811. The number of hydrogen-bond donors (Lipinski definition) is 2. The van der Waals surface area contributed by atoms with Gasteiger partial charge in [-0.1, -0.05) is 13.8 Å². The molecule has 1 rings (SSSR count). The van der Waals surface area contributed by atoms with Crippen molar-refractivity contribution >= 4 is 17.6 Å². The summed E-state index contributed by atoms with van der Waals surface area (Å²) in [5.74, 6) is -1.83. The molecule has 104 valence electrons. The lowest BCUT2D eigenvalue weighted by molar-refractivity contribution is -0.118. The zero-order valence-corrected chi connectivity index (χ0v) is 11.1. The normalized spacial score (nSPS) is 12.1. The molecule has 0 spiro atoms. The zero-order valence-electron chi connectivity index (χ0n) is 11.1. The molecule has 1 aromatic carbocycles. The highest BCUT2D eigenvalue weighted by Crippen LogP contribution is 2.17. The van der Waals surface area contributed by atoms with Crippen molar-refractivity contribution in [2.45, 2.75) is 19.9 Å². The molecule has 3 N–H and O–H groups in total. The number of hydrogen-bond acceptors (Lipinski definition) is 4. The Kier molecular flexibility index (Phi) is 5.00. The van der Waals surface area contributed by atoms with Gasteiger partial charge in [-0.2, -0.15) is 0 Å². The van der Waals surface area contributed by atoms with E-state index in [4.69, 9.17) is 5.73 Å². The van der Waals surface area contributed by atoms with Crippen LogP contribution in [0.15, 0.2) is 18.2 Å². The number of nitrogens with one attached hydrogen (secondary N) is 1. The molecule has 0 saturated heterocycles. The molecule has 1 atom stereocenters. The Balaban J connectivity index is 2.94. The van der Waals surface area contributed by atoms with Gasteiger partial charge < -0.3 is 15.8 Å². The summed E-state index contributed by atoms with van der Waals surface area (Å²) in [4.78, 5) is 23.1. The lowest BCUT2D eigenvalue weighted by Crippen LogP contribution is -2.39. The summed E-state index contributed by atoms with van der Waals surface area (Å²) < 4.78 is 18.1. The molecule has 0 radical (unpaired) electrons. The van der Waals surface area contributed by atoms with E-state index in [9.17, 15) is 14.0 Å². The van der Waals surface area contributed by atoms with Crippen molar-refractivity contribution < 1.29 is 18.7 Å². The molecule has 0 aromatic heterocycles. The molecule has 1 amide bonds. The third kappa shape index (κ3) is 3.75. The number of ether oxygens (including phenoxy) is 1. The summed E-state index contributed by atoms with van der Waals surface area (Å²) >= 11 is 0. The number of carbonyl (C=O) groups excluding carboxylic acids is 2. The standard InChI is InChI=1S/C13H17FN2O3/c1-7(2)11(15)12(17)16-10-6-8(13(18)19-3)4-5-9(10)14/h4-7,11H,15H2,1-3H3,(H,16,17)/t11-/m1/s1. The molecule has 0 bridgehead atoms. The molecule has 5 nitrogen and oxygen atoms in total. The summed E-state index contributed by atoms with van der Waals surface area (Å²) in [6, 6.07) is 2.83. The Morgan fingerprint density at radius 1 is 1.37 bits per heavy atom. The minimum absolute atomic E-state index is 0.0770. The Labute approximate surface area is 110 Å². The van der Waals surface area contributed by atoms with Gasteiger partial charge in [-0.05, 0) is 24.1 Å². The van der Waals surface area contributed by atoms with Gasteiger partial charge in [-0.15, -0.1) is 0 Å². The summed E-state index contributed by atoms with van der Waals surface area (Å²) in [6.07, 6.45) is 0. The first-order chi connectivity index (χ1) is 8.86. The summed E-state index contributed by atoms with van der Waals surface area (Å²) in [6.45, 7) is 3.57. The molecule has 6 heteroatoms. The summed E-state index contributed by atoms with van der Waals surface area (Å²) in [7, 11) is 1.22. The van der Waals surface area contributed by atoms with Crippen LogP contribution in [-0.2, 0) is 9.53 Å². The number of nitrogens with two attached hydrogens (primary N) is 1. The Hall–Kier alpha value is -1.95. The van der Waals surface area contributed by atoms with Crippen molar-refractivity contribution in [2.24, 2.45) is 11.7 Å². The van der Waals surface area contributed by atoms with Crippen LogP contribution in [0.5, 0.6) is 0 Å². The van der Waals surface area contributed by atoms with Gasteiger partial charge >= 0.3 is 5.97 Å². The van der Waals surface area contributed by atoms with Crippen molar-refractivity contribution in [1.82, 2.24) is 0 Å². The van der Waals surface area contributed by atoms with Crippen LogP contribution >= 0.6 is 0 Å². The summed E-state index contributed by atoms with van der Waals surface area (Å²) in [5.41, 5.74) is 5.71. The third-order valence-electron chi connectivity index (χ3n) is 2.67. The number of carbonyl (C=O) groups is 2. The zero-order chi connectivity index (χ0) is 14.6. The van der Waals surface area contributed by atoms with Gasteiger partial charge in [0.25, 0.3) is 0 Å². The van der Waals surface area contributed by atoms with Gasteiger partial charge in [-0.3, -0.25) is 4.79 Å². The number of methoxy groups -OCH3 is 1. The molecule has 0 aliphatic rings. The average Bonchev–Trinajstić information content (AvgIpc) is 2.39. The largest absolute Gasteiger partial charge is 0.465 e. The van der Waals surface area contributed by atoms with Crippen LogP contribution in [0.1, 0.15) is 24.2 Å². The Morgan fingerprint density at radius 2 is 2.00 bits per heavy atom. The van der Waals surface area contributed by atoms with Gasteiger partial charge in [0.1, 0.15) is 5.82 Å². The van der Waals surface area contributed by atoms with Gasteiger partial charge in [0.15, 0.2) is 0 Å². The molecule has 19 heavy (non-hydrogen) atoms. The second kappa shape index (κ2) is 6.29. The maximum absolute atomic E-state index is 13.6. The van der Waals surface area contributed by atoms with E-state index in [0.717, 1.165) is 6.07 Å². The van der Waals surface area contributed by atoms with Crippen molar-refractivity contribution in [2.75, 3.05) is 12.4 Å². The van der Waals surface area contributed by atoms with E-state index in [2.05, 4.69) is 10.1 Å².